The number of nitrogens with one attached hydrogen (secondary N) is 1. The fourth-order valence-corrected chi connectivity index (χ4v) is 2.08. The van der Waals surface area contributed by atoms with Crippen molar-refractivity contribution in [2.24, 2.45) is 0 Å². The molecule has 1 aromatic rings. The Labute approximate surface area is 120 Å². The van der Waals surface area contributed by atoms with Gasteiger partial charge in [0, 0.05) is 12.6 Å². The Morgan fingerprint density at radius 1 is 1.32 bits per heavy atom. The van der Waals surface area contributed by atoms with E-state index in [0.29, 0.717) is 13.0 Å². The number of halogens is 2. The second-order valence-electron chi connectivity index (χ2n) is 4.64. The van der Waals surface area contributed by atoms with Crippen molar-refractivity contribution in [2.45, 2.75) is 39.2 Å². The van der Waals surface area contributed by atoms with Gasteiger partial charge in [0.15, 0.2) is 0 Å². The van der Waals surface area contributed by atoms with Crippen molar-refractivity contribution in [1.82, 2.24) is 5.32 Å². The summed E-state index contributed by atoms with van der Waals surface area (Å²) in [6.07, 6.45) is 2.74. The molecule has 0 radical (unpaired) electrons. The molecule has 0 aliphatic rings. The topological polar surface area (TPSA) is 21.3 Å². The Balaban J connectivity index is 2.61. The van der Waals surface area contributed by atoms with Crippen molar-refractivity contribution in [1.29, 1.82) is 0 Å². The van der Waals surface area contributed by atoms with Crippen LogP contribution in [0.2, 0.25) is 5.02 Å². The molecule has 0 saturated heterocycles. The van der Waals surface area contributed by atoms with Crippen LogP contribution < -0.4 is 5.32 Å². The summed E-state index contributed by atoms with van der Waals surface area (Å²) in [6.45, 7) is 6.50. The van der Waals surface area contributed by atoms with Gasteiger partial charge in [-0.3, -0.25) is 0 Å². The van der Waals surface area contributed by atoms with Crippen molar-refractivity contribution in [3.05, 3.63) is 34.6 Å². The van der Waals surface area contributed by atoms with Crippen LogP contribution >= 0.6 is 11.6 Å². The molecule has 1 unspecified atom stereocenters. The zero-order valence-electron chi connectivity index (χ0n) is 11.7. The first-order chi connectivity index (χ1) is 9.19. The first-order valence-electron chi connectivity index (χ1n) is 6.93. The summed E-state index contributed by atoms with van der Waals surface area (Å²) in [5.41, 5.74) is 0.829. The van der Waals surface area contributed by atoms with Gasteiger partial charge in [0.05, 0.1) is 11.6 Å². The van der Waals surface area contributed by atoms with E-state index in [4.69, 9.17) is 16.3 Å². The highest BCUT2D eigenvalue weighted by atomic mass is 35.5. The molecule has 0 amide bonds. The first kappa shape index (κ1) is 16.4. The molecule has 0 spiro atoms. The van der Waals surface area contributed by atoms with E-state index >= 15 is 0 Å². The highest BCUT2D eigenvalue weighted by Crippen LogP contribution is 2.21. The minimum atomic E-state index is -0.358. The van der Waals surface area contributed by atoms with Crippen LogP contribution in [0.3, 0.4) is 0 Å². The lowest BCUT2D eigenvalue weighted by Crippen LogP contribution is -2.36. The van der Waals surface area contributed by atoms with Crippen LogP contribution in [0, 0.1) is 5.82 Å². The van der Waals surface area contributed by atoms with Crippen molar-refractivity contribution in [2.75, 3.05) is 19.8 Å². The van der Waals surface area contributed by atoms with Gasteiger partial charge >= 0.3 is 0 Å². The van der Waals surface area contributed by atoms with E-state index < -0.39 is 0 Å². The standard InChI is InChI=1S/C15H23ClFNO/c1-3-8-18-13(11-19-9-4-2)10-12-6-5-7-14(17)15(12)16/h5-7,13,18H,3-4,8-11H2,1-2H3. The molecule has 0 heterocycles. The SMILES string of the molecule is CCCNC(COCCC)Cc1cccc(F)c1Cl. The molecule has 1 aromatic carbocycles. The Bertz CT molecular complexity index is 373. The zero-order valence-corrected chi connectivity index (χ0v) is 12.5. The highest BCUT2D eigenvalue weighted by molar-refractivity contribution is 6.31. The van der Waals surface area contributed by atoms with Crippen molar-refractivity contribution >= 4 is 11.6 Å². The van der Waals surface area contributed by atoms with Gasteiger partial charge in [-0.05, 0) is 37.4 Å². The van der Waals surface area contributed by atoms with Gasteiger partial charge in [-0.1, -0.05) is 37.6 Å². The normalized spacial score (nSPS) is 12.6. The second kappa shape index (κ2) is 9.29. The number of hydrogen-bond donors (Lipinski definition) is 1. The van der Waals surface area contributed by atoms with Crippen LogP contribution in [0.1, 0.15) is 32.3 Å². The molecule has 0 saturated carbocycles. The maximum Gasteiger partial charge on any atom is 0.142 e. The Kier molecular flexibility index (Phi) is 8.03. The fraction of sp³-hybridized carbons (Fsp3) is 0.600. The van der Waals surface area contributed by atoms with E-state index in [0.717, 1.165) is 31.6 Å². The smallest absolute Gasteiger partial charge is 0.142 e. The summed E-state index contributed by atoms with van der Waals surface area (Å²) in [6, 6.07) is 5.12. The lowest BCUT2D eigenvalue weighted by Gasteiger charge is -2.19. The molecule has 2 nitrogen and oxygen atoms in total. The first-order valence-corrected chi connectivity index (χ1v) is 7.30. The largest absolute Gasteiger partial charge is 0.380 e. The molecule has 0 aliphatic carbocycles. The molecule has 108 valence electrons. The van der Waals surface area contributed by atoms with Gasteiger partial charge in [-0.15, -0.1) is 0 Å². The van der Waals surface area contributed by atoms with Crippen LogP contribution in [0.25, 0.3) is 0 Å². The van der Waals surface area contributed by atoms with E-state index in [-0.39, 0.29) is 16.9 Å². The minimum Gasteiger partial charge on any atom is -0.380 e. The van der Waals surface area contributed by atoms with Crippen molar-refractivity contribution in [3.8, 4) is 0 Å². The number of ether oxygens (including phenoxy) is 1. The van der Waals surface area contributed by atoms with Crippen LogP contribution in [0.5, 0.6) is 0 Å². The molecular weight excluding hydrogens is 265 g/mol. The second-order valence-corrected chi connectivity index (χ2v) is 5.02. The van der Waals surface area contributed by atoms with Gasteiger partial charge < -0.3 is 10.1 Å². The molecule has 0 bridgehead atoms. The number of hydrogen-bond acceptors (Lipinski definition) is 2. The molecule has 4 heteroatoms. The zero-order chi connectivity index (χ0) is 14.1. The van der Waals surface area contributed by atoms with Crippen molar-refractivity contribution < 1.29 is 9.13 Å². The molecule has 1 rings (SSSR count). The van der Waals surface area contributed by atoms with E-state index in [1.54, 1.807) is 6.07 Å². The maximum atomic E-state index is 13.4. The summed E-state index contributed by atoms with van der Waals surface area (Å²) < 4.78 is 19.0. The van der Waals surface area contributed by atoms with Gasteiger partial charge in [0.25, 0.3) is 0 Å². The summed E-state index contributed by atoms with van der Waals surface area (Å²) in [5, 5.41) is 3.64. The number of rotatable bonds is 9. The third kappa shape index (κ3) is 5.89. The molecule has 0 fully saturated rings. The Morgan fingerprint density at radius 2 is 2.11 bits per heavy atom. The molecule has 19 heavy (non-hydrogen) atoms. The quantitative estimate of drug-likeness (QED) is 0.697. The Morgan fingerprint density at radius 3 is 2.79 bits per heavy atom. The van der Waals surface area contributed by atoms with E-state index in [1.807, 2.05) is 6.07 Å². The predicted octanol–water partition coefficient (Wildman–Crippen LogP) is 3.82. The van der Waals surface area contributed by atoms with Crippen LogP contribution in [0.4, 0.5) is 4.39 Å². The average Bonchev–Trinajstić information content (AvgIpc) is 2.41. The fourth-order valence-electron chi connectivity index (χ4n) is 1.88. The van der Waals surface area contributed by atoms with Gasteiger partial charge in [0.2, 0.25) is 0 Å². The minimum absolute atomic E-state index is 0.172. The Hall–Kier alpha value is -0.640. The van der Waals surface area contributed by atoms with Crippen LogP contribution in [-0.2, 0) is 11.2 Å². The molecule has 0 aromatic heterocycles. The van der Waals surface area contributed by atoms with E-state index in [9.17, 15) is 4.39 Å². The van der Waals surface area contributed by atoms with Crippen molar-refractivity contribution in [3.63, 3.8) is 0 Å². The average molecular weight is 288 g/mol. The van der Waals surface area contributed by atoms with Gasteiger partial charge in [0.1, 0.15) is 5.82 Å². The van der Waals surface area contributed by atoms with Crippen LogP contribution in [0.15, 0.2) is 18.2 Å². The monoisotopic (exact) mass is 287 g/mol. The van der Waals surface area contributed by atoms with Gasteiger partial charge in [-0.2, -0.15) is 0 Å². The number of benzene rings is 1. The summed E-state index contributed by atoms with van der Waals surface area (Å²) in [5.74, 6) is -0.358. The summed E-state index contributed by atoms with van der Waals surface area (Å²) in [4.78, 5) is 0. The third-order valence-corrected chi connectivity index (χ3v) is 3.27. The summed E-state index contributed by atoms with van der Waals surface area (Å²) >= 11 is 5.99. The maximum absolute atomic E-state index is 13.4. The lowest BCUT2D eigenvalue weighted by atomic mass is 10.1. The van der Waals surface area contributed by atoms with E-state index in [2.05, 4.69) is 19.2 Å². The lowest BCUT2D eigenvalue weighted by molar-refractivity contribution is 0.111. The predicted molar refractivity (Wildman–Crippen MR) is 78.3 cm³/mol. The molecule has 1 atom stereocenters. The van der Waals surface area contributed by atoms with Gasteiger partial charge in [-0.25, -0.2) is 4.39 Å². The molecular formula is C15H23ClFNO. The van der Waals surface area contributed by atoms with E-state index in [1.165, 1.54) is 6.07 Å². The third-order valence-electron chi connectivity index (χ3n) is 2.85. The molecule has 0 aliphatic heterocycles. The molecule has 1 N–H and O–H groups in total. The summed E-state index contributed by atoms with van der Waals surface area (Å²) in [7, 11) is 0. The van der Waals surface area contributed by atoms with Crippen LogP contribution in [-0.4, -0.2) is 25.8 Å². The highest BCUT2D eigenvalue weighted by Gasteiger charge is 2.13.